The predicted octanol–water partition coefficient (Wildman–Crippen LogP) is 2.00. The zero-order valence-corrected chi connectivity index (χ0v) is 7.61. The van der Waals surface area contributed by atoms with Gasteiger partial charge >= 0.3 is 0 Å². The molecule has 0 unspecified atom stereocenters. The maximum atomic E-state index is 11.0. The van der Waals surface area contributed by atoms with E-state index < -0.39 is 0 Å². The van der Waals surface area contributed by atoms with Gasteiger partial charge in [0.15, 0.2) is 5.78 Å². The molecule has 0 aromatic rings. The Morgan fingerprint density at radius 3 is 2.18 bits per heavy atom. The van der Waals surface area contributed by atoms with Crippen LogP contribution in [0.3, 0.4) is 0 Å². The van der Waals surface area contributed by atoms with Crippen LogP contribution in [0.2, 0.25) is 0 Å². The normalized spacial score (nSPS) is 12.6. The highest BCUT2D eigenvalue weighted by atomic mass is 16.1. The fourth-order valence-electron chi connectivity index (χ4n) is 1.00. The van der Waals surface area contributed by atoms with E-state index in [1.165, 1.54) is 0 Å². The van der Waals surface area contributed by atoms with E-state index in [-0.39, 0.29) is 5.78 Å². The molecule has 0 radical (unpaired) electrons. The van der Waals surface area contributed by atoms with E-state index in [2.05, 4.69) is 6.92 Å². The molecule has 0 atom stereocenters. The second-order valence-electron chi connectivity index (χ2n) is 2.82. The molecule has 2 heteroatoms. The Balaban J connectivity index is 4.14. The van der Waals surface area contributed by atoms with Crippen LogP contribution in [0.25, 0.3) is 0 Å². The van der Waals surface area contributed by atoms with E-state index >= 15 is 0 Å². The summed E-state index contributed by atoms with van der Waals surface area (Å²) in [7, 11) is 0. The van der Waals surface area contributed by atoms with Gasteiger partial charge in [-0.05, 0) is 26.7 Å². The van der Waals surface area contributed by atoms with Crippen molar-refractivity contribution in [2.45, 2.75) is 40.0 Å². The van der Waals surface area contributed by atoms with Gasteiger partial charge < -0.3 is 5.73 Å². The first-order valence-corrected chi connectivity index (χ1v) is 4.05. The number of hydrogen-bond acceptors (Lipinski definition) is 2. The second-order valence-corrected chi connectivity index (χ2v) is 2.82. The number of allylic oxidation sites excluding steroid dienone is 2. The molecule has 0 aliphatic carbocycles. The molecular weight excluding hydrogens is 138 g/mol. The molecule has 0 bridgehead atoms. The van der Waals surface area contributed by atoms with E-state index in [1.54, 1.807) is 13.8 Å². The number of rotatable bonds is 4. The third-order valence-electron chi connectivity index (χ3n) is 1.68. The van der Waals surface area contributed by atoms with Gasteiger partial charge in [-0.3, -0.25) is 4.79 Å². The first-order chi connectivity index (χ1) is 5.09. The Bertz CT molecular complexity index is 166. The highest BCUT2D eigenvalue weighted by Gasteiger charge is 2.04. The lowest BCUT2D eigenvalue weighted by Crippen LogP contribution is -2.05. The maximum absolute atomic E-state index is 11.0. The van der Waals surface area contributed by atoms with Crippen molar-refractivity contribution >= 4 is 5.78 Å². The van der Waals surface area contributed by atoms with Crippen LogP contribution >= 0.6 is 0 Å². The van der Waals surface area contributed by atoms with Crippen LogP contribution in [0.15, 0.2) is 11.3 Å². The summed E-state index contributed by atoms with van der Waals surface area (Å²) in [5.74, 6) is 0.110. The zero-order valence-electron chi connectivity index (χ0n) is 7.61. The number of nitrogens with two attached hydrogens (primary N) is 1. The van der Waals surface area contributed by atoms with E-state index in [4.69, 9.17) is 5.73 Å². The Morgan fingerprint density at radius 2 is 1.91 bits per heavy atom. The molecule has 2 nitrogen and oxygen atoms in total. The maximum Gasteiger partial charge on any atom is 0.157 e. The average Bonchev–Trinajstić information content (AvgIpc) is 1.87. The molecule has 0 rings (SSSR count). The number of hydrogen-bond donors (Lipinski definition) is 1. The van der Waals surface area contributed by atoms with Crippen LogP contribution in [0.4, 0.5) is 0 Å². The summed E-state index contributed by atoms with van der Waals surface area (Å²) in [4.78, 5) is 11.0. The molecule has 0 saturated heterocycles. The van der Waals surface area contributed by atoms with Crippen molar-refractivity contribution in [2.24, 2.45) is 5.73 Å². The fourth-order valence-corrected chi connectivity index (χ4v) is 1.00. The predicted molar refractivity (Wildman–Crippen MR) is 47.1 cm³/mol. The van der Waals surface area contributed by atoms with Crippen LogP contribution in [0.1, 0.15) is 40.0 Å². The molecule has 0 aliphatic heterocycles. The van der Waals surface area contributed by atoms with Crippen LogP contribution in [-0.4, -0.2) is 5.78 Å². The minimum atomic E-state index is 0.110. The molecule has 0 aromatic heterocycles. The van der Waals surface area contributed by atoms with E-state index in [0.717, 1.165) is 24.8 Å². The van der Waals surface area contributed by atoms with Crippen LogP contribution in [-0.2, 0) is 4.79 Å². The van der Waals surface area contributed by atoms with Gasteiger partial charge in [0, 0.05) is 11.3 Å². The van der Waals surface area contributed by atoms with Crippen molar-refractivity contribution in [1.82, 2.24) is 0 Å². The number of unbranched alkanes of at least 4 members (excludes halogenated alkanes) is 1. The van der Waals surface area contributed by atoms with Crippen molar-refractivity contribution in [2.75, 3.05) is 0 Å². The zero-order chi connectivity index (χ0) is 8.85. The summed E-state index contributed by atoms with van der Waals surface area (Å²) < 4.78 is 0. The number of Topliss-reactive ketones (excluding diaryl/α,β-unsaturated/α-hetero) is 1. The molecule has 0 fully saturated rings. The lowest BCUT2D eigenvalue weighted by molar-refractivity contribution is -0.113. The summed E-state index contributed by atoms with van der Waals surface area (Å²) in [5.41, 5.74) is 7.01. The second kappa shape index (κ2) is 4.94. The van der Waals surface area contributed by atoms with Gasteiger partial charge in [-0.1, -0.05) is 13.3 Å². The molecule has 2 N–H and O–H groups in total. The number of carbonyl (C=O) groups is 1. The van der Waals surface area contributed by atoms with Crippen LogP contribution < -0.4 is 5.73 Å². The molecule has 0 heterocycles. The molecule has 0 aliphatic rings. The summed E-state index contributed by atoms with van der Waals surface area (Å²) in [6.45, 7) is 5.46. The summed E-state index contributed by atoms with van der Waals surface area (Å²) in [5, 5.41) is 0. The number of ketones is 1. The van der Waals surface area contributed by atoms with Crippen molar-refractivity contribution in [1.29, 1.82) is 0 Å². The van der Waals surface area contributed by atoms with Crippen molar-refractivity contribution in [3.05, 3.63) is 11.3 Å². The van der Waals surface area contributed by atoms with Gasteiger partial charge in [0.25, 0.3) is 0 Å². The van der Waals surface area contributed by atoms with Crippen LogP contribution in [0, 0.1) is 0 Å². The SMILES string of the molecule is CCCC/C(C(C)=O)=C(\C)N. The summed E-state index contributed by atoms with van der Waals surface area (Å²) in [6.07, 6.45) is 2.97. The molecule has 0 aromatic carbocycles. The first kappa shape index (κ1) is 10.2. The Labute approximate surface area is 68.5 Å². The lowest BCUT2D eigenvalue weighted by Gasteiger charge is -2.03. The van der Waals surface area contributed by atoms with Crippen LogP contribution in [0.5, 0.6) is 0 Å². The average molecular weight is 155 g/mol. The summed E-state index contributed by atoms with van der Waals surface area (Å²) >= 11 is 0. The Morgan fingerprint density at radius 1 is 1.36 bits per heavy atom. The van der Waals surface area contributed by atoms with Gasteiger partial charge in [-0.25, -0.2) is 0 Å². The lowest BCUT2D eigenvalue weighted by atomic mass is 10.0. The molecule has 64 valence electrons. The Kier molecular flexibility index (Phi) is 4.59. The quantitative estimate of drug-likeness (QED) is 0.631. The van der Waals surface area contributed by atoms with E-state index in [9.17, 15) is 4.79 Å². The fraction of sp³-hybridized carbons (Fsp3) is 0.667. The standard InChI is InChI=1S/C9H17NO/c1-4-5-6-9(7(2)10)8(3)11/h4-6,10H2,1-3H3/b9-7-. The first-order valence-electron chi connectivity index (χ1n) is 4.05. The summed E-state index contributed by atoms with van der Waals surface area (Å²) in [6, 6.07) is 0. The molecular formula is C9H17NO. The topological polar surface area (TPSA) is 43.1 Å². The molecule has 0 saturated carbocycles. The van der Waals surface area contributed by atoms with Crippen molar-refractivity contribution in [3.63, 3.8) is 0 Å². The molecule has 11 heavy (non-hydrogen) atoms. The Hall–Kier alpha value is -0.790. The minimum Gasteiger partial charge on any atom is -0.402 e. The minimum absolute atomic E-state index is 0.110. The van der Waals surface area contributed by atoms with E-state index in [1.807, 2.05) is 0 Å². The van der Waals surface area contributed by atoms with Crippen molar-refractivity contribution in [3.8, 4) is 0 Å². The van der Waals surface area contributed by atoms with Crippen molar-refractivity contribution < 1.29 is 4.79 Å². The van der Waals surface area contributed by atoms with E-state index in [0.29, 0.717) is 5.70 Å². The third-order valence-corrected chi connectivity index (χ3v) is 1.68. The highest BCUT2D eigenvalue weighted by molar-refractivity contribution is 5.93. The molecule has 0 spiro atoms. The van der Waals surface area contributed by atoms with Gasteiger partial charge in [-0.15, -0.1) is 0 Å². The third kappa shape index (κ3) is 3.81. The van der Waals surface area contributed by atoms with Gasteiger partial charge in [-0.2, -0.15) is 0 Å². The monoisotopic (exact) mass is 155 g/mol. The van der Waals surface area contributed by atoms with Gasteiger partial charge in [0.05, 0.1) is 0 Å². The highest BCUT2D eigenvalue weighted by Crippen LogP contribution is 2.10. The molecule has 0 amide bonds. The largest absolute Gasteiger partial charge is 0.402 e. The number of carbonyl (C=O) groups excluding carboxylic acids is 1. The van der Waals surface area contributed by atoms with Gasteiger partial charge in [0.2, 0.25) is 0 Å². The smallest absolute Gasteiger partial charge is 0.157 e. The van der Waals surface area contributed by atoms with Gasteiger partial charge in [0.1, 0.15) is 0 Å².